The minimum atomic E-state index is -0.109. The number of rotatable bonds is 4. The molecule has 2 aromatic rings. The quantitative estimate of drug-likeness (QED) is 0.925. The van der Waals surface area contributed by atoms with Crippen molar-refractivity contribution < 1.29 is 9.53 Å². The molecule has 0 saturated carbocycles. The summed E-state index contributed by atoms with van der Waals surface area (Å²) in [5, 5.41) is 2.60. The number of benzene rings is 2. The topological polar surface area (TPSA) is 38.3 Å². The van der Waals surface area contributed by atoms with Gasteiger partial charge in [0, 0.05) is 12.6 Å². The summed E-state index contributed by atoms with van der Waals surface area (Å²) in [6, 6.07) is 13.5. The van der Waals surface area contributed by atoms with Crippen LogP contribution in [0.25, 0.3) is 0 Å². The minimum Gasteiger partial charge on any atom is -0.489 e. The molecule has 2 aromatic carbocycles. The molecule has 0 saturated heterocycles. The van der Waals surface area contributed by atoms with Crippen LogP contribution in [0.1, 0.15) is 27.0 Å². The lowest BCUT2D eigenvalue weighted by Gasteiger charge is -2.09. The molecule has 104 valence electrons. The first-order chi connectivity index (χ1) is 9.58. The maximum atomic E-state index is 11.6. The van der Waals surface area contributed by atoms with E-state index in [4.69, 9.17) is 4.74 Å². The van der Waals surface area contributed by atoms with Crippen molar-refractivity contribution in [2.24, 2.45) is 0 Å². The Hall–Kier alpha value is -2.29. The highest BCUT2D eigenvalue weighted by atomic mass is 16.5. The van der Waals surface area contributed by atoms with Crippen LogP contribution in [0.3, 0.4) is 0 Å². The van der Waals surface area contributed by atoms with Crippen LogP contribution in [0.2, 0.25) is 0 Å². The van der Waals surface area contributed by atoms with Gasteiger partial charge in [0.05, 0.1) is 0 Å². The standard InChI is InChI=1S/C17H19NO2/c1-12-7-13(2)9-14(8-12)11-20-16-6-4-5-15(10-16)17(19)18-3/h4-10H,11H2,1-3H3,(H,18,19). The summed E-state index contributed by atoms with van der Waals surface area (Å²) in [6.07, 6.45) is 0. The van der Waals surface area contributed by atoms with E-state index in [1.807, 2.05) is 12.1 Å². The zero-order valence-electron chi connectivity index (χ0n) is 12.1. The van der Waals surface area contributed by atoms with Gasteiger partial charge in [-0.3, -0.25) is 4.79 Å². The van der Waals surface area contributed by atoms with Crippen LogP contribution < -0.4 is 10.1 Å². The highest BCUT2D eigenvalue weighted by molar-refractivity contribution is 5.94. The Kier molecular flexibility index (Phi) is 4.41. The molecule has 0 heterocycles. The number of ether oxygens (including phenoxy) is 1. The van der Waals surface area contributed by atoms with Crippen LogP contribution in [0.5, 0.6) is 5.75 Å². The van der Waals surface area contributed by atoms with Crippen LogP contribution in [0.4, 0.5) is 0 Å². The van der Waals surface area contributed by atoms with Gasteiger partial charge in [-0.25, -0.2) is 0 Å². The molecule has 2 rings (SSSR count). The summed E-state index contributed by atoms with van der Waals surface area (Å²) in [4.78, 5) is 11.6. The van der Waals surface area contributed by atoms with E-state index in [0.717, 1.165) is 5.56 Å². The van der Waals surface area contributed by atoms with E-state index < -0.39 is 0 Å². The SMILES string of the molecule is CNC(=O)c1cccc(OCc2cc(C)cc(C)c2)c1. The molecule has 1 amide bonds. The Morgan fingerprint density at radius 3 is 2.45 bits per heavy atom. The first-order valence-electron chi connectivity index (χ1n) is 6.60. The van der Waals surface area contributed by atoms with Gasteiger partial charge >= 0.3 is 0 Å². The molecule has 0 fully saturated rings. The van der Waals surface area contributed by atoms with Crippen molar-refractivity contribution >= 4 is 5.91 Å². The smallest absolute Gasteiger partial charge is 0.251 e. The summed E-state index contributed by atoms with van der Waals surface area (Å²) in [6.45, 7) is 4.64. The Morgan fingerprint density at radius 1 is 1.10 bits per heavy atom. The lowest BCUT2D eigenvalue weighted by molar-refractivity contribution is 0.0962. The molecule has 0 spiro atoms. The second-order valence-corrected chi connectivity index (χ2v) is 4.89. The van der Waals surface area contributed by atoms with Gasteiger partial charge in [0.25, 0.3) is 5.91 Å². The summed E-state index contributed by atoms with van der Waals surface area (Å²) < 4.78 is 5.76. The van der Waals surface area contributed by atoms with Crippen LogP contribution in [-0.2, 0) is 6.61 Å². The highest BCUT2D eigenvalue weighted by Gasteiger charge is 2.04. The van der Waals surface area contributed by atoms with Crippen molar-refractivity contribution in [3.05, 3.63) is 64.7 Å². The van der Waals surface area contributed by atoms with Crippen molar-refractivity contribution in [1.29, 1.82) is 0 Å². The van der Waals surface area contributed by atoms with E-state index in [1.54, 1.807) is 19.2 Å². The van der Waals surface area contributed by atoms with Gasteiger partial charge < -0.3 is 10.1 Å². The monoisotopic (exact) mass is 269 g/mol. The Balaban J connectivity index is 2.09. The third-order valence-electron chi connectivity index (χ3n) is 3.01. The van der Waals surface area contributed by atoms with E-state index in [0.29, 0.717) is 17.9 Å². The van der Waals surface area contributed by atoms with Crippen molar-refractivity contribution in [3.8, 4) is 5.75 Å². The number of hydrogen-bond donors (Lipinski definition) is 1. The molecule has 0 bridgehead atoms. The Bertz CT molecular complexity index is 600. The van der Waals surface area contributed by atoms with E-state index >= 15 is 0 Å². The average molecular weight is 269 g/mol. The molecule has 0 aromatic heterocycles. The molecule has 1 N–H and O–H groups in total. The van der Waals surface area contributed by atoms with Gasteiger partial charge in [-0.2, -0.15) is 0 Å². The van der Waals surface area contributed by atoms with Crippen molar-refractivity contribution in [2.45, 2.75) is 20.5 Å². The van der Waals surface area contributed by atoms with Gasteiger partial charge in [-0.1, -0.05) is 35.4 Å². The largest absolute Gasteiger partial charge is 0.489 e. The van der Waals surface area contributed by atoms with E-state index in [2.05, 4.69) is 37.4 Å². The number of nitrogens with one attached hydrogen (secondary N) is 1. The fraction of sp³-hybridized carbons (Fsp3) is 0.235. The summed E-state index contributed by atoms with van der Waals surface area (Å²) in [5.41, 5.74) is 4.18. The molecule has 0 aliphatic rings. The van der Waals surface area contributed by atoms with Crippen molar-refractivity contribution in [2.75, 3.05) is 7.05 Å². The Labute approximate surface area is 119 Å². The summed E-state index contributed by atoms with van der Waals surface area (Å²) in [7, 11) is 1.62. The van der Waals surface area contributed by atoms with Crippen LogP contribution in [-0.4, -0.2) is 13.0 Å². The second-order valence-electron chi connectivity index (χ2n) is 4.89. The number of carbonyl (C=O) groups is 1. The molecule has 0 atom stereocenters. The zero-order valence-corrected chi connectivity index (χ0v) is 12.1. The lowest BCUT2D eigenvalue weighted by atomic mass is 10.1. The highest BCUT2D eigenvalue weighted by Crippen LogP contribution is 2.16. The molecule has 0 aliphatic heterocycles. The third kappa shape index (κ3) is 3.60. The maximum Gasteiger partial charge on any atom is 0.251 e. The van der Waals surface area contributed by atoms with E-state index in [-0.39, 0.29) is 5.91 Å². The van der Waals surface area contributed by atoms with E-state index in [9.17, 15) is 4.79 Å². The molecule has 0 radical (unpaired) electrons. The van der Waals surface area contributed by atoms with Crippen LogP contribution in [0, 0.1) is 13.8 Å². The molecule has 3 heteroatoms. The van der Waals surface area contributed by atoms with Crippen molar-refractivity contribution in [1.82, 2.24) is 5.32 Å². The molecular weight excluding hydrogens is 250 g/mol. The molecule has 0 aliphatic carbocycles. The number of aryl methyl sites for hydroxylation is 2. The van der Waals surface area contributed by atoms with Crippen LogP contribution >= 0.6 is 0 Å². The van der Waals surface area contributed by atoms with Gasteiger partial charge in [0.1, 0.15) is 12.4 Å². The molecule has 20 heavy (non-hydrogen) atoms. The first-order valence-corrected chi connectivity index (χ1v) is 6.60. The third-order valence-corrected chi connectivity index (χ3v) is 3.01. The zero-order chi connectivity index (χ0) is 14.5. The van der Waals surface area contributed by atoms with E-state index in [1.165, 1.54) is 11.1 Å². The summed E-state index contributed by atoms with van der Waals surface area (Å²) in [5.74, 6) is 0.590. The van der Waals surface area contributed by atoms with Crippen molar-refractivity contribution in [3.63, 3.8) is 0 Å². The fourth-order valence-electron chi connectivity index (χ4n) is 2.19. The second kappa shape index (κ2) is 6.24. The molecule has 0 unspecified atom stereocenters. The Morgan fingerprint density at radius 2 is 1.80 bits per heavy atom. The maximum absolute atomic E-state index is 11.6. The average Bonchev–Trinajstić information content (AvgIpc) is 2.43. The number of amides is 1. The van der Waals surface area contributed by atoms with Gasteiger partial charge in [-0.05, 0) is 37.6 Å². The van der Waals surface area contributed by atoms with Gasteiger partial charge in [-0.15, -0.1) is 0 Å². The normalized spacial score (nSPS) is 10.2. The predicted octanol–water partition coefficient (Wildman–Crippen LogP) is 3.24. The van der Waals surface area contributed by atoms with Gasteiger partial charge in [0.2, 0.25) is 0 Å². The van der Waals surface area contributed by atoms with Gasteiger partial charge in [0.15, 0.2) is 0 Å². The minimum absolute atomic E-state index is 0.109. The summed E-state index contributed by atoms with van der Waals surface area (Å²) >= 11 is 0. The first kappa shape index (κ1) is 14.1. The number of carbonyl (C=O) groups excluding carboxylic acids is 1. The number of hydrogen-bond acceptors (Lipinski definition) is 2. The molecule has 3 nitrogen and oxygen atoms in total. The molecular formula is C17H19NO2. The van der Waals surface area contributed by atoms with Crippen LogP contribution in [0.15, 0.2) is 42.5 Å². The fourth-order valence-corrected chi connectivity index (χ4v) is 2.19. The predicted molar refractivity (Wildman–Crippen MR) is 80.1 cm³/mol. The lowest BCUT2D eigenvalue weighted by Crippen LogP contribution is -2.17.